The first-order valence-corrected chi connectivity index (χ1v) is 28.6. The average Bonchev–Trinajstić information content (AvgIpc) is 1.56. The Hall–Kier alpha value is -9.73. The zero-order valence-electron chi connectivity index (χ0n) is 47.0. The minimum Gasteiger partial charge on any atom is -0.460 e. The van der Waals surface area contributed by atoms with Gasteiger partial charge in [-0.1, -0.05) is 139 Å². The van der Waals surface area contributed by atoms with Crippen molar-refractivity contribution in [2.75, 3.05) is 13.2 Å². The van der Waals surface area contributed by atoms with Gasteiger partial charge in [0.25, 0.3) is 0 Å². The minimum atomic E-state index is -1.86. The van der Waals surface area contributed by atoms with E-state index in [1.807, 2.05) is 31.2 Å². The van der Waals surface area contributed by atoms with Gasteiger partial charge in [-0.3, -0.25) is 0 Å². The van der Waals surface area contributed by atoms with Crippen LogP contribution in [0.3, 0.4) is 0 Å². The van der Waals surface area contributed by atoms with E-state index in [0.29, 0.717) is 4.90 Å². The second-order valence-corrected chi connectivity index (χ2v) is 21.4. The molecule has 0 amide bonds. The Morgan fingerprint density at radius 3 is 1.18 bits per heavy atom. The molecule has 0 bridgehead atoms. The highest BCUT2D eigenvalue weighted by molar-refractivity contribution is 7.99. The summed E-state index contributed by atoms with van der Waals surface area (Å²) in [5, 5.41) is 0. The van der Waals surface area contributed by atoms with Gasteiger partial charge in [0.1, 0.15) is 36.6 Å². The maximum atomic E-state index is 14.5. The van der Waals surface area contributed by atoms with Crippen LogP contribution in [0.2, 0.25) is 0 Å². The number of thioether (sulfide) groups is 1. The number of ether oxygens (including phenoxy) is 10. The quantitative estimate of drug-likeness (QED) is 0.0373. The van der Waals surface area contributed by atoms with Crippen LogP contribution in [0.15, 0.2) is 230 Å². The molecule has 10 rings (SSSR count). The zero-order chi connectivity index (χ0) is 60.7. The number of aromatic nitrogens is 2. The van der Waals surface area contributed by atoms with Crippen molar-refractivity contribution in [2.45, 2.75) is 78.9 Å². The highest BCUT2D eigenvalue weighted by Crippen LogP contribution is 2.40. The first-order valence-electron chi connectivity index (χ1n) is 27.7. The molecule has 0 N–H and O–H groups in total. The monoisotopic (exact) mass is 1200 g/mol. The van der Waals surface area contributed by atoms with Crippen molar-refractivity contribution >= 4 is 53.5 Å². The van der Waals surface area contributed by atoms with Gasteiger partial charge in [-0.15, -0.1) is 0 Å². The minimum absolute atomic E-state index is 0.0512. The summed E-state index contributed by atoms with van der Waals surface area (Å²) in [6, 6.07) is 55.1. The van der Waals surface area contributed by atoms with Crippen molar-refractivity contribution in [3.8, 4) is 0 Å². The van der Waals surface area contributed by atoms with Crippen LogP contribution in [0, 0.1) is 6.92 Å². The summed E-state index contributed by atoms with van der Waals surface area (Å²) in [4.78, 5) is 101. The van der Waals surface area contributed by atoms with Crippen molar-refractivity contribution in [2.24, 2.45) is 7.05 Å². The van der Waals surface area contributed by atoms with E-state index in [-0.39, 0.29) is 39.9 Å². The third kappa shape index (κ3) is 15.8. The SMILES string of the molecule is Cc1ccc(S[C@H]2O[C@H](CO[C@H]3O[C@H](COC(=O)Cn4cc[n+](C)c4)[C@@H](OC(=O)c4ccccc4)[C@H](OC(=O)c4ccccc4)[C@@H]3OC(=O)c3ccccc3)[C@@H](OC(=O)c3ccccc3)[C@H](OC(=O)c3ccccc3)[C@@H]2OC(=O)c2ccccc2)cc1. The van der Waals surface area contributed by atoms with Crippen molar-refractivity contribution < 1.29 is 85.5 Å². The molecule has 19 nitrogen and oxygen atoms in total. The van der Waals surface area contributed by atoms with E-state index in [1.165, 1.54) is 60.7 Å². The van der Waals surface area contributed by atoms with Gasteiger partial charge in [0, 0.05) is 4.90 Å². The van der Waals surface area contributed by atoms with Gasteiger partial charge in [-0.25, -0.2) is 42.7 Å². The lowest BCUT2D eigenvalue weighted by Crippen LogP contribution is -2.64. The summed E-state index contributed by atoms with van der Waals surface area (Å²) in [7, 11) is 1.77. The van der Waals surface area contributed by atoms with Gasteiger partial charge in [0.05, 0.1) is 47.0 Å². The fourth-order valence-electron chi connectivity index (χ4n) is 9.56. The highest BCUT2D eigenvalue weighted by atomic mass is 32.2. The molecule has 0 radical (unpaired) electrons. The van der Waals surface area contributed by atoms with Gasteiger partial charge in [-0.2, -0.15) is 0 Å². The first-order chi connectivity index (χ1) is 42.3. The molecular formula is C67H59N2O17S+. The standard InChI is InChI=1S/C67H59N2O17S/c1-43-33-35-50(36-34-43)87-67-59(86-65(76)49-31-19-8-20-32-49)57(84-63(74)47-27-15-6-16-28-47)55(82-61(72)45-23-11-4-12-24-45)52(80-67)41-78-66-58(85-64(75)48-29-17-7-18-30-48)56(83-62(73)46-25-13-5-14-26-46)54(81-60(71)44-21-9-3-10-22-44)51(79-66)40-77-53(70)39-69-38-37-68(2)42-69/h3-38,42,51-52,54-59,66-67H,39-41H2,1-2H3/q+1/t51-,52-,54-,55-,56+,57+,58+,59+,66+,67-/m1/s1. The van der Waals surface area contributed by atoms with Gasteiger partial charge in [-0.05, 0) is 91.9 Å². The largest absolute Gasteiger partial charge is 0.460 e. The molecule has 87 heavy (non-hydrogen) atoms. The second-order valence-electron chi connectivity index (χ2n) is 20.2. The van der Waals surface area contributed by atoms with E-state index in [4.69, 9.17) is 47.4 Å². The molecule has 444 valence electrons. The van der Waals surface area contributed by atoms with E-state index in [2.05, 4.69) is 0 Å². The molecule has 1 aromatic heterocycles. The fraction of sp³-hybridized carbons (Fsp3) is 0.224. The number of hydrogen-bond acceptors (Lipinski definition) is 18. The van der Waals surface area contributed by atoms with Crippen molar-refractivity contribution in [3.05, 3.63) is 264 Å². The molecule has 10 atom stereocenters. The van der Waals surface area contributed by atoms with E-state index in [0.717, 1.165) is 17.3 Å². The Morgan fingerprint density at radius 1 is 0.437 bits per heavy atom. The van der Waals surface area contributed by atoms with Crippen LogP contribution >= 0.6 is 11.8 Å². The van der Waals surface area contributed by atoms with Gasteiger partial charge >= 0.3 is 41.8 Å². The van der Waals surface area contributed by atoms with Crippen LogP contribution in [-0.4, -0.2) is 120 Å². The number of hydrogen-bond donors (Lipinski definition) is 0. The zero-order valence-corrected chi connectivity index (χ0v) is 47.8. The molecule has 7 aromatic carbocycles. The van der Waals surface area contributed by atoms with E-state index < -0.39 is 116 Å². The predicted molar refractivity (Wildman–Crippen MR) is 311 cm³/mol. The van der Waals surface area contributed by atoms with Gasteiger partial charge in [0.15, 0.2) is 49.5 Å². The number of rotatable bonds is 21. The van der Waals surface area contributed by atoms with Crippen LogP contribution in [0.25, 0.3) is 0 Å². The number of esters is 7. The number of nitrogens with zero attached hydrogens (tertiary/aromatic N) is 2. The van der Waals surface area contributed by atoms with Crippen molar-refractivity contribution in [1.29, 1.82) is 0 Å². The Morgan fingerprint density at radius 2 is 0.793 bits per heavy atom. The summed E-state index contributed by atoms with van der Waals surface area (Å²) in [5.74, 6) is -6.17. The molecule has 2 aliphatic rings. The summed E-state index contributed by atoms with van der Waals surface area (Å²) in [5.41, 5.74) is 0.189. The van der Waals surface area contributed by atoms with Crippen LogP contribution < -0.4 is 4.57 Å². The Balaban J connectivity index is 1.08. The fourth-order valence-corrected chi connectivity index (χ4v) is 10.7. The maximum absolute atomic E-state index is 14.5. The normalized spacial score (nSPS) is 21.4. The van der Waals surface area contributed by atoms with E-state index >= 15 is 0 Å². The molecule has 0 aliphatic carbocycles. The molecule has 2 aliphatic heterocycles. The van der Waals surface area contributed by atoms with Gasteiger partial charge < -0.3 is 47.4 Å². The molecule has 8 aromatic rings. The lowest BCUT2D eigenvalue weighted by molar-refractivity contribution is -0.671. The summed E-state index contributed by atoms with van der Waals surface area (Å²) < 4.78 is 67.6. The van der Waals surface area contributed by atoms with E-state index in [9.17, 15) is 33.6 Å². The highest BCUT2D eigenvalue weighted by Gasteiger charge is 2.57. The van der Waals surface area contributed by atoms with Crippen molar-refractivity contribution in [3.63, 3.8) is 0 Å². The Labute approximate surface area is 504 Å². The molecular weight excluding hydrogens is 1140 g/mol. The molecule has 0 saturated carbocycles. The van der Waals surface area contributed by atoms with Crippen molar-refractivity contribution in [1.82, 2.24) is 4.57 Å². The Bertz CT molecular complexity index is 3620. The number of imidazole rings is 1. The van der Waals surface area contributed by atoms with Gasteiger partial charge in [0.2, 0.25) is 6.33 Å². The van der Waals surface area contributed by atoms with Crippen LogP contribution in [0.4, 0.5) is 0 Å². The second kappa shape index (κ2) is 28.9. The topological polar surface area (TPSA) is 221 Å². The van der Waals surface area contributed by atoms with Crippen LogP contribution in [0.5, 0.6) is 0 Å². The molecule has 20 heteroatoms. The maximum Gasteiger partial charge on any atom is 0.348 e. The lowest BCUT2D eigenvalue weighted by Gasteiger charge is -2.46. The summed E-state index contributed by atoms with van der Waals surface area (Å²) in [6.45, 7) is 0.307. The number of benzene rings is 7. The summed E-state index contributed by atoms with van der Waals surface area (Å²) >= 11 is 1.11. The summed E-state index contributed by atoms with van der Waals surface area (Å²) in [6.07, 6.45) is -10.1. The molecule has 3 heterocycles. The number of aryl methyl sites for hydroxylation is 2. The molecule has 0 spiro atoms. The molecule has 2 saturated heterocycles. The molecule has 2 fully saturated rings. The third-order valence-electron chi connectivity index (χ3n) is 13.9. The Kier molecular flexibility index (Phi) is 20.1. The average molecular weight is 1200 g/mol. The van der Waals surface area contributed by atoms with Crippen LogP contribution in [-0.2, 0) is 65.8 Å². The third-order valence-corrected chi connectivity index (χ3v) is 15.1. The lowest BCUT2D eigenvalue weighted by atomic mass is 9.97. The van der Waals surface area contributed by atoms with E-state index in [1.54, 1.807) is 156 Å². The smallest absolute Gasteiger partial charge is 0.348 e. The number of carbonyl (C=O) groups is 7. The predicted octanol–water partition coefficient (Wildman–Crippen LogP) is 8.78. The van der Waals surface area contributed by atoms with Crippen LogP contribution in [0.1, 0.15) is 67.7 Å². The number of carbonyl (C=O) groups excluding carboxylic acids is 7. The first kappa shape index (κ1) is 60.4. The molecule has 0 unspecified atom stereocenters.